The number of nitro groups is 1. The van der Waals surface area contributed by atoms with Gasteiger partial charge in [-0.3, -0.25) is 20.2 Å². The van der Waals surface area contributed by atoms with Crippen LogP contribution in [-0.4, -0.2) is 37.3 Å². The molecule has 2 aromatic carbocycles. The molecular weight excluding hydrogens is 393 g/mol. The Morgan fingerprint density at radius 2 is 1.71 bits per heavy atom. The van der Waals surface area contributed by atoms with Gasteiger partial charge in [-0.2, -0.15) is 4.39 Å². The van der Waals surface area contributed by atoms with Crippen LogP contribution in [0.1, 0.15) is 10.4 Å². The van der Waals surface area contributed by atoms with Gasteiger partial charge in [0.05, 0.1) is 26.3 Å². The van der Waals surface area contributed by atoms with Gasteiger partial charge < -0.3 is 19.5 Å². The van der Waals surface area contributed by atoms with E-state index in [-0.39, 0.29) is 27.9 Å². The Morgan fingerprint density at radius 1 is 1.11 bits per heavy atom. The minimum Gasteiger partial charge on any atom is -0.493 e. The highest BCUT2D eigenvalue weighted by Gasteiger charge is 2.18. The predicted octanol–water partition coefficient (Wildman–Crippen LogP) is 2.89. The van der Waals surface area contributed by atoms with Gasteiger partial charge in [0.1, 0.15) is 0 Å². The maximum absolute atomic E-state index is 13.4. The number of nitrogens with zero attached hydrogens (tertiary/aromatic N) is 1. The third-order valence-electron chi connectivity index (χ3n) is 3.55. The molecular formula is C17H16FN3O6S. The van der Waals surface area contributed by atoms with Gasteiger partial charge in [-0.15, -0.1) is 0 Å². The largest absolute Gasteiger partial charge is 0.493 e. The molecule has 0 aliphatic carbocycles. The average Bonchev–Trinajstić information content (AvgIpc) is 2.67. The standard InChI is InChI=1S/C17H16FN3O6S/c1-25-13-6-9(7-14(26-2)15(13)27-3)16(22)20-17(28)19-10-4-5-11(18)12(8-10)21(23)24/h4-8H,1-3H3,(H2,19,20,22,28). The zero-order valence-electron chi connectivity index (χ0n) is 15.1. The summed E-state index contributed by atoms with van der Waals surface area (Å²) in [6.07, 6.45) is 0. The molecule has 1 amide bonds. The molecule has 0 heterocycles. The van der Waals surface area contributed by atoms with E-state index in [1.54, 1.807) is 0 Å². The number of carbonyl (C=O) groups excluding carboxylic acids is 1. The molecule has 0 bridgehead atoms. The van der Waals surface area contributed by atoms with Crippen LogP contribution in [-0.2, 0) is 0 Å². The average molecular weight is 409 g/mol. The Balaban J connectivity index is 2.18. The molecule has 9 nitrogen and oxygen atoms in total. The predicted molar refractivity (Wildman–Crippen MR) is 103 cm³/mol. The summed E-state index contributed by atoms with van der Waals surface area (Å²) in [5.74, 6) is -0.697. The number of benzene rings is 2. The number of hydrogen-bond donors (Lipinski definition) is 2. The molecule has 0 radical (unpaired) electrons. The normalized spacial score (nSPS) is 10.0. The van der Waals surface area contributed by atoms with Gasteiger partial charge >= 0.3 is 5.69 Å². The molecule has 0 spiro atoms. The molecule has 0 fully saturated rings. The molecule has 2 N–H and O–H groups in total. The smallest absolute Gasteiger partial charge is 0.306 e. The first kappa shape index (κ1) is 20.8. The number of nitrogens with one attached hydrogen (secondary N) is 2. The van der Waals surface area contributed by atoms with Crippen LogP contribution in [0.5, 0.6) is 17.2 Å². The van der Waals surface area contributed by atoms with Crippen molar-refractivity contribution >= 4 is 34.6 Å². The number of methoxy groups -OCH3 is 3. The molecule has 28 heavy (non-hydrogen) atoms. The Hall–Kier alpha value is -3.47. The molecule has 11 heteroatoms. The van der Waals surface area contributed by atoms with Crippen LogP contribution in [0.3, 0.4) is 0 Å². The van der Waals surface area contributed by atoms with Gasteiger partial charge in [-0.25, -0.2) is 0 Å². The second-order valence-corrected chi connectivity index (χ2v) is 5.65. The number of rotatable bonds is 6. The molecule has 0 atom stereocenters. The van der Waals surface area contributed by atoms with Crippen LogP contribution in [0.2, 0.25) is 0 Å². The van der Waals surface area contributed by atoms with Gasteiger partial charge in [-0.05, 0) is 36.5 Å². The highest BCUT2D eigenvalue weighted by atomic mass is 32.1. The van der Waals surface area contributed by atoms with Gasteiger partial charge in [-0.1, -0.05) is 0 Å². The van der Waals surface area contributed by atoms with E-state index in [0.29, 0.717) is 5.75 Å². The molecule has 0 aromatic heterocycles. The molecule has 0 saturated heterocycles. The summed E-state index contributed by atoms with van der Waals surface area (Å²) >= 11 is 5.03. The lowest BCUT2D eigenvalue weighted by Gasteiger charge is -2.14. The SMILES string of the molecule is COc1cc(C(=O)NC(=S)Nc2ccc(F)c([N+](=O)[O-])c2)cc(OC)c1OC. The lowest BCUT2D eigenvalue weighted by molar-refractivity contribution is -0.387. The van der Waals surface area contributed by atoms with Crippen LogP contribution in [0.4, 0.5) is 15.8 Å². The minimum atomic E-state index is -0.983. The third kappa shape index (κ3) is 4.62. The van der Waals surface area contributed by atoms with Crippen molar-refractivity contribution in [2.45, 2.75) is 0 Å². The van der Waals surface area contributed by atoms with Crippen molar-refractivity contribution in [1.29, 1.82) is 0 Å². The molecule has 0 aliphatic heterocycles. The minimum absolute atomic E-state index is 0.139. The zero-order valence-corrected chi connectivity index (χ0v) is 15.9. The summed E-state index contributed by atoms with van der Waals surface area (Å²) in [5, 5.41) is 15.7. The van der Waals surface area contributed by atoms with E-state index in [1.165, 1.54) is 39.5 Å². The lowest BCUT2D eigenvalue weighted by Crippen LogP contribution is -2.34. The van der Waals surface area contributed by atoms with Crippen molar-refractivity contribution in [2.24, 2.45) is 0 Å². The molecule has 0 aliphatic rings. The Labute approximate surface area is 164 Å². The van der Waals surface area contributed by atoms with Crippen molar-refractivity contribution in [3.63, 3.8) is 0 Å². The molecule has 2 rings (SSSR count). The van der Waals surface area contributed by atoms with Crippen LogP contribution in [0.25, 0.3) is 0 Å². The fourth-order valence-electron chi connectivity index (χ4n) is 2.28. The third-order valence-corrected chi connectivity index (χ3v) is 3.76. The van der Waals surface area contributed by atoms with Gasteiger partial charge in [0.2, 0.25) is 11.6 Å². The van der Waals surface area contributed by atoms with Crippen molar-refractivity contribution < 1.29 is 28.3 Å². The van der Waals surface area contributed by atoms with Gasteiger partial charge in [0.15, 0.2) is 16.6 Å². The first-order valence-electron chi connectivity index (χ1n) is 7.67. The van der Waals surface area contributed by atoms with Crippen LogP contribution >= 0.6 is 12.2 Å². The van der Waals surface area contributed by atoms with E-state index in [1.807, 2.05) is 0 Å². The number of hydrogen-bond acceptors (Lipinski definition) is 7. The molecule has 0 saturated carbocycles. The summed E-state index contributed by atoms with van der Waals surface area (Å²) in [7, 11) is 4.25. The first-order valence-corrected chi connectivity index (χ1v) is 8.07. The zero-order chi connectivity index (χ0) is 20.8. The quantitative estimate of drug-likeness (QED) is 0.426. The number of anilines is 1. The van der Waals surface area contributed by atoms with E-state index >= 15 is 0 Å². The number of halogens is 1. The fourth-order valence-corrected chi connectivity index (χ4v) is 2.49. The second kappa shape index (κ2) is 8.95. The van der Waals surface area contributed by atoms with Crippen molar-refractivity contribution in [2.75, 3.05) is 26.6 Å². The molecule has 148 valence electrons. The van der Waals surface area contributed by atoms with Crippen LogP contribution in [0, 0.1) is 15.9 Å². The Kier molecular flexibility index (Phi) is 6.66. The van der Waals surface area contributed by atoms with Crippen molar-refractivity contribution in [1.82, 2.24) is 5.32 Å². The van der Waals surface area contributed by atoms with E-state index < -0.39 is 22.3 Å². The Morgan fingerprint density at radius 3 is 2.21 bits per heavy atom. The van der Waals surface area contributed by atoms with Crippen molar-refractivity contribution in [3.8, 4) is 17.2 Å². The summed E-state index contributed by atoms with van der Waals surface area (Å²) in [4.78, 5) is 22.4. The highest BCUT2D eigenvalue weighted by Crippen LogP contribution is 2.38. The number of amides is 1. The maximum atomic E-state index is 13.4. The fraction of sp³-hybridized carbons (Fsp3) is 0.176. The van der Waals surface area contributed by atoms with E-state index in [4.69, 9.17) is 26.4 Å². The van der Waals surface area contributed by atoms with E-state index in [0.717, 1.165) is 12.1 Å². The lowest BCUT2D eigenvalue weighted by atomic mass is 10.1. The summed E-state index contributed by atoms with van der Waals surface area (Å²) < 4.78 is 28.9. The van der Waals surface area contributed by atoms with E-state index in [9.17, 15) is 19.3 Å². The number of nitro benzene ring substituents is 1. The second-order valence-electron chi connectivity index (χ2n) is 5.25. The van der Waals surface area contributed by atoms with Crippen molar-refractivity contribution in [3.05, 3.63) is 51.8 Å². The van der Waals surface area contributed by atoms with Gasteiger partial charge in [0.25, 0.3) is 5.91 Å². The summed E-state index contributed by atoms with van der Waals surface area (Å²) in [6, 6.07) is 6.00. The topological polar surface area (TPSA) is 112 Å². The molecule has 2 aromatic rings. The van der Waals surface area contributed by atoms with Gasteiger partial charge in [0, 0.05) is 17.3 Å². The number of thiocarbonyl (C=S) groups is 1. The number of carbonyl (C=O) groups is 1. The molecule has 0 unspecified atom stereocenters. The van der Waals surface area contributed by atoms with Crippen LogP contribution in [0.15, 0.2) is 30.3 Å². The Bertz CT molecular complexity index is 912. The maximum Gasteiger partial charge on any atom is 0.306 e. The number of ether oxygens (including phenoxy) is 3. The summed E-state index contributed by atoms with van der Waals surface area (Å²) in [5.41, 5.74) is -0.407. The monoisotopic (exact) mass is 409 g/mol. The summed E-state index contributed by atoms with van der Waals surface area (Å²) in [6.45, 7) is 0. The first-order chi connectivity index (χ1) is 13.3. The van der Waals surface area contributed by atoms with Crippen LogP contribution < -0.4 is 24.8 Å². The highest BCUT2D eigenvalue weighted by molar-refractivity contribution is 7.80. The van der Waals surface area contributed by atoms with E-state index in [2.05, 4.69) is 10.6 Å².